The van der Waals surface area contributed by atoms with E-state index in [0.29, 0.717) is 21.4 Å². The molecular weight excluding hydrogens is 543 g/mol. The van der Waals surface area contributed by atoms with Crippen LogP contribution >= 0.6 is 23.2 Å². The standard InChI is InChI=1S/C23H19Cl2F2N9O2/c24-13-5-3-12(4-6-13)18-33-35(10-17-30-11-36(32-17)19-14(25)2-1-7-29-19)21(38)34(18)9-16-23(26,27)15-8-22(15,28)20(37)31-16/h1-7,11,15-16H,8-10,28H2,(H,31,37). The van der Waals surface area contributed by atoms with Crippen molar-refractivity contribution in [3.8, 4) is 17.2 Å². The number of carbonyl (C=O) groups excluding carboxylic acids is 1. The van der Waals surface area contributed by atoms with E-state index in [0.717, 1.165) is 9.25 Å². The molecule has 196 valence electrons. The molecule has 3 N–H and O–H groups in total. The number of nitrogens with one attached hydrogen (secondary N) is 1. The van der Waals surface area contributed by atoms with Crippen LogP contribution < -0.4 is 16.7 Å². The Kier molecular flexibility index (Phi) is 5.63. The van der Waals surface area contributed by atoms with E-state index < -0.39 is 41.6 Å². The first-order valence-electron chi connectivity index (χ1n) is 11.5. The van der Waals surface area contributed by atoms with Crippen LogP contribution in [0.3, 0.4) is 0 Å². The maximum atomic E-state index is 15.2. The lowest BCUT2D eigenvalue weighted by Gasteiger charge is -2.34. The summed E-state index contributed by atoms with van der Waals surface area (Å²) in [7, 11) is 0. The van der Waals surface area contributed by atoms with Crippen LogP contribution in [0.15, 0.2) is 53.7 Å². The number of pyridine rings is 1. The van der Waals surface area contributed by atoms with Gasteiger partial charge in [0, 0.05) is 16.8 Å². The Bertz CT molecular complexity index is 1620. The molecule has 1 aromatic carbocycles. The summed E-state index contributed by atoms with van der Waals surface area (Å²) in [5.41, 5.74) is 4.02. The fourth-order valence-corrected chi connectivity index (χ4v) is 5.00. The first-order chi connectivity index (χ1) is 18.1. The molecule has 0 spiro atoms. The first kappa shape index (κ1) is 24.6. The summed E-state index contributed by atoms with van der Waals surface area (Å²) in [6.45, 7) is -0.681. The quantitative estimate of drug-likeness (QED) is 0.366. The fraction of sp³-hybridized carbons (Fsp3) is 0.304. The minimum absolute atomic E-state index is 0.115. The number of amides is 1. The first-order valence-corrected chi connectivity index (χ1v) is 12.3. The third-order valence-corrected chi connectivity index (χ3v) is 7.38. The number of alkyl halides is 2. The minimum atomic E-state index is -3.32. The molecule has 1 amide bonds. The second kappa shape index (κ2) is 8.68. The van der Waals surface area contributed by atoms with Crippen molar-refractivity contribution < 1.29 is 13.6 Å². The van der Waals surface area contributed by atoms with Gasteiger partial charge in [0.15, 0.2) is 17.5 Å². The number of halogens is 4. The summed E-state index contributed by atoms with van der Waals surface area (Å²) in [5, 5.41) is 11.8. The number of nitrogens with two attached hydrogens (primary N) is 1. The van der Waals surface area contributed by atoms with E-state index in [2.05, 4.69) is 25.5 Å². The van der Waals surface area contributed by atoms with Gasteiger partial charge in [-0.2, -0.15) is 0 Å². The summed E-state index contributed by atoms with van der Waals surface area (Å²) >= 11 is 12.2. The van der Waals surface area contributed by atoms with Crippen LogP contribution in [0.1, 0.15) is 12.2 Å². The molecule has 2 fully saturated rings. The van der Waals surface area contributed by atoms with Crippen LogP contribution in [0.5, 0.6) is 0 Å². The molecule has 6 rings (SSSR count). The second-order valence-corrected chi connectivity index (χ2v) is 10.1. The molecule has 3 aromatic heterocycles. The van der Waals surface area contributed by atoms with Crippen molar-refractivity contribution in [2.75, 3.05) is 0 Å². The maximum absolute atomic E-state index is 15.2. The van der Waals surface area contributed by atoms with Crippen molar-refractivity contribution in [1.82, 2.24) is 39.4 Å². The molecule has 0 bridgehead atoms. The van der Waals surface area contributed by atoms with Crippen LogP contribution in [0.25, 0.3) is 17.2 Å². The van der Waals surface area contributed by atoms with Crippen molar-refractivity contribution in [2.45, 2.75) is 37.0 Å². The number of piperidine rings is 1. The Hall–Kier alpha value is -3.68. The number of hydrogen-bond donors (Lipinski definition) is 2. The van der Waals surface area contributed by atoms with Gasteiger partial charge in [-0.05, 0) is 42.8 Å². The molecule has 1 saturated heterocycles. The van der Waals surface area contributed by atoms with Crippen molar-refractivity contribution in [1.29, 1.82) is 0 Å². The number of hydrogen-bond acceptors (Lipinski definition) is 7. The lowest BCUT2D eigenvalue weighted by Crippen LogP contribution is -2.63. The Labute approximate surface area is 223 Å². The van der Waals surface area contributed by atoms with Crippen LogP contribution in [-0.2, 0) is 17.9 Å². The summed E-state index contributed by atoms with van der Waals surface area (Å²) in [5.74, 6) is -4.59. The molecule has 2 aliphatic rings. The molecular formula is C23H19Cl2F2N9O2. The summed E-state index contributed by atoms with van der Waals surface area (Å²) in [6.07, 6.45) is 2.82. The van der Waals surface area contributed by atoms with Crippen LogP contribution in [0.2, 0.25) is 10.0 Å². The van der Waals surface area contributed by atoms with Gasteiger partial charge in [-0.3, -0.25) is 9.36 Å². The molecule has 38 heavy (non-hydrogen) atoms. The molecule has 1 aliphatic carbocycles. The van der Waals surface area contributed by atoms with Gasteiger partial charge in [0.2, 0.25) is 5.91 Å². The van der Waals surface area contributed by atoms with E-state index in [4.69, 9.17) is 28.9 Å². The van der Waals surface area contributed by atoms with E-state index in [1.165, 1.54) is 11.0 Å². The van der Waals surface area contributed by atoms with Gasteiger partial charge in [-0.1, -0.05) is 23.2 Å². The van der Waals surface area contributed by atoms with E-state index in [1.807, 2.05) is 0 Å². The SMILES string of the molecule is NC12CC1C(F)(F)C(Cn1c(-c3ccc(Cl)cc3)nn(Cc3ncn(-c4ncccc4Cl)n3)c1=O)NC2=O. The molecule has 1 saturated carbocycles. The lowest BCUT2D eigenvalue weighted by molar-refractivity contribution is -0.140. The minimum Gasteiger partial charge on any atom is -0.344 e. The Morgan fingerprint density at radius 2 is 1.87 bits per heavy atom. The zero-order valence-electron chi connectivity index (χ0n) is 19.4. The third kappa shape index (κ3) is 3.97. The van der Waals surface area contributed by atoms with Crippen molar-refractivity contribution >= 4 is 29.1 Å². The number of fused-ring (bicyclic) bond motifs is 1. The Balaban J connectivity index is 1.36. The molecule has 0 radical (unpaired) electrons. The number of aromatic nitrogens is 7. The van der Waals surface area contributed by atoms with Gasteiger partial charge >= 0.3 is 5.69 Å². The predicted molar refractivity (Wildman–Crippen MR) is 132 cm³/mol. The highest BCUT2D eigenvalue weighted by Crippen LogP contribution is 2.55. The molecule has 3 unspecified atom stereocenters. The van der Waals surface area contributed by atoms with E-state index in [9.17, 15) is 9.59 Å². The maximum Gasteiger partial charge on any atom is 0.346 e. The number of benzene rings is 1. The van der Waals surface area contributed by atoms with Crippen LogP contribution in [-0.4, -0.2) is 57.5 Å². The van der Waals surface area contributed by atoms with Gasteiger partial charge < -0.3 is 11.1 Å². The summed E-state index contributed by atoms with van der Waals surface area (Å²) in [4.78, 5) is 34.2. The zero-order chi connectivity index (χ0) is 26.8. The second-order valence-electron chi connectivity index (χ2n) is 9.29. The van der Waals surface area contributed by atoms with Crippen LogP contribution in [0.4, 0.5) is 8.78 Å². The number of nitrogens with zero attached hydrogens (tertiary/aromatic N) is 7. The van der Waals surface area contributed by atoms with Gasteiger partial charge in [0.1, 0.15) is 24.5 Å². The van der Waals surface area contributed by atoms with Gasteiger partial charge in [-0.25, -0.2) is 32.9 Å². The molecule has 15 heteroatoms. The van der Waals surface area contributed by atoms with E-state index in [1.54, 1.807) is 42.6 Å². The Morgan fingerprint density at radius 1 is 1.11 bits per heavy atom. The fourth-order valence-electron chi connectivity index (χ4n) is 4.66. The zero-order valence-corrected chi connectivity index (χ0v) is 20.9. The van der Waals surface area contributed by atoms with Gasteiger partial charge in [0.25, 0.3) is 5.92 Å². The van der Waals surface area contributed by atoms with Crippen molar-refractivity contribution in [3.05, 3.63) is 75.3 Å². The predicted octanol–water partition coefficient (Wildman–Crippen LogP) is 1.89. The number of rotatable bonds is 6. The van der Waals surface area contributed by atoms with Gasteiger partial charge in [0.05, 0.1) is 17.5 Å². The highest BCUT2D eigenvalue weighted by molar-refractivity contribution is 6.32. The van der Waals surface area contributed by atoms with E-state index >= 15 is 8.78 Å². The summed E-state index contributed by atoms with van der Waals surface area (Å²) in [6, 6.07) is 8.08. The molecule has 3 atom stereocenters. The molecule has 4 heterocycles. The van der Waals surface area contributed by atoms with Crippen LogP contribution in [0, 0.1) is 5.92 Å². The smallest absolute Gasteiger partial charge is 0.344 e. The molecule has 11 nitrogen and oxygen atoms in total. The van der Waals surface area contributed by atoms with Gasteiger partial charge in [-0.15, -0.1) is 10.2 Å². The third-order valence-electron chi connectivity index (χ3n) is 6.84. The van der Waals surface area contributed by atoms with Crippen molar-refractivity contribution in [3.63, 3.8) is 0 Å². The number of carbonyl (C=O) groups is 1. The normalized spacial score (nSPS) is 23.7. The van der Waals surface area contributed by atoms with Crippen molar-refractivity contribution in [2.24, 2.45) is 11.7 Å². The average molecular weight is 562 g/mol. The molecule has 1 aliphatic heterocycles. The monoisotopic (exact) mass is 561 g/mol. The lowest BCUT2D eigenvalue weighted by atomic mass is 9.96. The molecule has 4 aromatic rings. The Morgan fingerprint density at radius 3 is 2.61 bits per heavy atom. The largest absolute Gasteiger partial charge is 0.346 e. The van der Waals surface area contributed by atoms with E-state index in [-0.39, 0.29) is 24.6 Å². The topological polar surface area (TPSA) is 139 Å². The summed E-state index contributed by atoms with van der Waals surface area (Å²) < 4.78 is 33.9. The highest BCUT2D eigenvalue weighted by atomic mass is 35.5. The highest BCUT2D eigenvalue weighted by Gasteiger charge is 2.73. The average Bonchev–Trinajstić information content (AvgIpc) is 3.28.